The fourth-order valence-corrected chi connectivity index (χ4v) is 4.02. The lowest BCUT2D eigenvalue weighted by Crippen LogP contribution is -2.35. The summed E-state index contributed by atoms with van der Waals surface area (Å²) in [7, 11) is 0. The Balaban J connectivity index is 1.85. The highest BCUT2D eigenvalue weighted by Crippen LogP contribution is 2.57. The summed E-state index contributed by atoms with van der Waals surface area (Å²) in [6.45, 7) is 3.05. The fourth-order valence-electron chi connectivity index (χ4n) is 4.02. The van der Waals surface area contributed by atoms with Gasteiger partial charge in [-0.3, -0.25) is 14.4 Å². The molecule has 0 spiro atoms. The molecule has 19 heavy (non-hydrogen) atoms. The van der Waals surface area contributed by atoms with Crippen LogP contribution in [0.3, 0.4) is 0 Å². The molecule has 0 aromatic carbocycles. The molecule has 0 aromatic heterocycles. The Kier molecular flexibility index (Phi) is 2.76. The third kappa shape index (κ3) is 1.81. The molecular formula is C13H16O6. The molecule has 0 N–H and O–H groups in total. The van der Waals surface area contributed by atoms with Crippen LogP contribution in [0.5, 0.6) is 0 Å². The van der Waals surface area contributed by atoms with E-state index in [9.17, 15) is 14.4 Å². The summed E-state index contributed by atoms with van der Waals surface area (Å²) in [5, 5.41) is 0. The van der Waals surface area contributed by atoms with Gasteiger partial charge in [-0.15, -0.1) is 0 Å². The maximum absolute atomic E-state index is 11.7. The van der Waals surface area contributed by atoms with Crippen LogP contribution in [0.15, 0.2) is 0 Å². The van der Waals surface area contributed by atoms with E-state index in [4.69, 9.17) is 14.2 Å². The van der Waals surface area contributed by atoms with Crippen molar-refractivity contribution in [1.29, 1.82) is 0 Å². The molecule has 0 radical (unpaired) electrons. The molecule has 2 saturated carbocycles. The standard InChI is InChI=1S/C13H16O6/c1-5(14)18-9-3-7-10-8(4-17-13(10)16)11(9)12(7)19-6(2)15/h7-12H,3-4H2,1-2H3/t7-,8+,9+,10-,11-,12+/m0/s1. The Morgan fingerprint density at radius 1 is 1.16 bits per heavy atom. The number of fused-ring (bicyclic) bond motifs is 5. The van der Waals surface area contributed by atoms with Crippen molar-refractivity contribution in [2.75, 3.05) is 6.61 Å². The van der Waals surface area contributed by atoms with Crippen LogP contribution >= 0.6 is 0 Å². The Bertz CT molecular complexity index is 444. The molecule has 2 bridgehead atoms. The maximum atomic E-state index is 11.7. The Morgan fingerprint density at radius 2 is 1.84 bits per heavy atom. The van der Waals surface area contributed by atoms with Gasteiger partial charge in [-0.25, -0.2) is 0 Å². The molecule has 0 aromatic rings. The second kappa shape index (κ2) is 4.21. The lowest BCUT2D eigenvalue weighted by atomic mass is 9.80. The van der Waals surface area contributed by atoms with Crippen LogP contribution in [0.4, 0.5) is 0 Å². The lowest BCUT2D eigenvalue weighted by Gasteiger charge is -2.27. The first-order chi connectivity index (χ1) is 8.99. The van der Waals surface area contributed by atoms with Crippen LogP contribution in [0, 0.1) is 23.7 Å². The molecule has 104 valence electrons. The van der Waals surface area contributed by atoms with Crippen molar-refractivity contribution < 1.29 is 28.6 Å². The van der Waals surface area contributed by atoms with Crippen molar-refractivity contribution in [1.82, 2.24) is 0 Å². The highest BCUT2D eigenvalue weighted by Gasteiger charge is 2.66. The van der Waals surface area contributed by atoms with Crippen molar-refractivity contribution in [3.8, 4) is 0 Å². The smallest absolute Gasteiger partial charge is 0.309 e. The number of cyclic esters (lactones) is 1. The van der Waals surface area contributed by atoms with Crippen LogP contribution in [0.1, 0.15) is 20.3 Å². The average Bonchev–Trinajstić information content (AvgIpc) is 2.89. The van der Waals surface area contributed by atoms with E-state index in [-0.39, 0.29) is 53.8 Å². The van der Waals surface area contributed by atoms with Gasteiger partial charge in [-0.2, -0.15) is 0 Å². The van der Waals surface area contributed by atoms with E-state index < -0.39 is 0 Å². The molecule has 1 saturated heterocycles. The number of carbonyl (C=O) groups excluding carboxylic acids is 3. The first-order valence-corrected chi connectivity index (χ1v) is 6.50. The van der Waals surface area contributed by atoms with Gasteiger partial charge >= 0.3 is 17.9 Å². The fraction of sp³-hybridized carbons (Fsp3) is 0.769. The second-order valence-corrected chi connectivity index (χ2v) is 5.52. The molecule has 3 aliphatic rings. The van der Waals surface area contributed by atoms with Gasteiger partial charge in [-0.1, -0.05) is 0 Å². The number of hydrogen-bond acceptors (Lipinski definition) is 6. The zero-order chi connectivity index (χ0) is 13.7. The van der Waals surface area contributed by atoms with E-state index in [1.165, 1.54) is 13.8 Å². The quantitative estimate of drug-likeness (QED) is 0.529. The second-order valence-electron chi connectivity index (χ2n) is 5.52. The molecule has 2 aliphatic carbocycles. The molecule has 0 unspecified atom stereocenters. The number of carbonyl (C=O) groups is 3. The largest absolute Gasteiger partial charge is 0.465 e. The van der Waals surface area contributed by atoms with Gasteiger partial charge in [0.1, 0.15) is 12.2 Å². The minimum Gasteiger partial charge on any atom is -0.465 e. The molecule has 1 heterocycles. The maximum Gasteiger partial charge on any atom is 0.309 e. The minimum absolute atomic E-state index is 0.0000463. The monoisotopic (exact) mass is 268 g/mol. The molecule has 0 amide bonds. The van der Waals surface area contributed by atoms with Crippen LogP contribution in [0.2, 0.25) is 0 Å². The number of hydrogen-bond donors (Lipinski definition) is 0. The predicted octanol–water partition coefficient (Wildman–Crippen LogP) is 0.289. The van der Waals surface area contributed by atoms with Gasteiger partial charge in [0.15, 0.2) is 0 Å². The molecule has 3 fully saturated rings. The van der Waals surface area contributed by atoms with E-state index in [0.29, 0.717) is 13.0 Å². The third-order valence-electron chi connectivity index (χ3n) is 4.46. The summed E-state index contributed by atoms with van der Waals surface area (Å²) in [5.74, 6) is -1.33. The van der Waals surface area contributed by atoms with E-state index in [0.717, 1.165) is 0 Å². The summed E-state index contributed by atoms with van der Waals surface area (Å²) in [6, 6.07) is 0. The summed E-state index contributed by atoms with van der Waals surface area (Å²) in [6.07, 6.45) is -0.0364. The first-order valence-electron chi connectivity index (χ1n) is 6.50. The van der Waals surface area contributed by atoms with Crippen molar-refractivity contribution >= 4 is 17.9 Å². The lowest BCUT2D eigenvalue weighted by molar-refractivity contribution is -0.155. The van der Waals surface area contributed by atoms with Crippen molar-refractivity contribution in [3.63, 3.8) is 0 Å². The number of ether oxygens (including phenoxy) is 3. The number of rotatable bonds is 2. The van der Waals surface area contributed by atoms with Crippen LogP contribution in [-0.2, 0) is 28.6 Å². The SMILES string of the molecule is CC(=O)O[C@@H]1[C@H]2C[C@@H](OC(C)=O)[C@@H]1[C@@H]1COC(=O)[C@@H]21. The number of esters is 3. The van der Waals surface area contributed by atoms with Crippen molar-refractivity contribution in [3.05, 3.63) is 0 Å². The molecule has 6 atom stereocenters. The molecule has 3 rings (SSSR count). The Hall–Kier alpha value is -1.59. The van der Waals surface area contributed by atoms with Crippen LogP contribution in [0.25, 0.3) is 0 Å². The Morgan fingerprint density at radius 3 is 2.47 bits per heavy atom. The summed E-state index contributed by atoms with van der Waals surface area (Å²) in [4.78, 5) is 34.1. The average molecular weight is 268 g/mol. The highest BCUT2D eigenvalue weighted by atomic mass is 16.6. The van der Waals surface area contributed by atoms with E-state index in [1.807, 2.05) is 0 Å². The predicted molar refractivity (Wildman–Crippen MR) is 60.6 cm³/mol. The highest BCUT2D eigenvalue weighted by molar-refractivity contribution is 5.77. The summed E-state index contributed by atoms with van der Waals surface area (Å²) >= 11 is 0. The third-order valence-corrected chi connectivity index (χ3v) is 4.46. The van der Waals surface area contributed by atoms with Gasteiger partial charge in [0.25, 0.3) is 0 Å². The van der Waals surface area contributed by atoms with Crippen LogP contribution in [-0.4, -0.2) is 36.7 Å². The summed E-state index contributed by atoms with van der Waals surface area (Å²) in [5.41, 5.74) is 0. The van der Waals surface area contributed by atoms with Gasteiger partial charge in [-0.05, 0) is 6.42 Å². The zero-order valence-electron chi connectivity index (χ0n) is 10.8. The van der Waals surface area contributed by atoms with Gasteiger partial charge in [0.05, 0.1) is 12.5 Å². The summed E-state index contributed by atoms with van der Waals surface area (Å²) < 4.78 is 15.7. The molecular weight excluding hydrogens is 252 g/mol. The zero-order valence-corrected chi connectivity index (χ0v) is 10.8. The topological polar surface area (TPSA) is 78.9 Å². The molecule has 6 heteroatoms. The van der Waals surface area contributed by atoms with E-state index in [2.05, 4.69) is 0 Å². The van der Waals surface area contributed by atoms with Gasteiger partial charge in [0, 0.05) is 31.6 Å². The minimum atomic E-state index is -0.364. The van der Waals surface area contributed by atoms with Gasteiger partial charge < -0.3 is 14.2 Å². The Labute approximate surface area is 110 Å². The van der Waals surface area contributed by atoms with Crippen LogP contribution < -0.4 is 0 Å². The van der Waals surface area contributed by atoms with Gasteiger partial charge in [0.2, 0.25) is 0 Å². The van der Waals surface area contributed by atoms with Crippen molar-refractivity contribution in [2.45, 2.75) is 32.5 Å². The first kappa shape index (κ1) is 12.4. The molecule has 1 aliphatic heterocycles. The van der Waals surface area contributed by atoms with E-state index >= 15 is 0 Å². The molecule has 6 nitrogen and oxygen atoms in total. The normalized spacial score (nSPS) is 42.7. The van der Waals surface area contributed by atoms with E-state index in [1.54, 1.807) is 0 Å². The van der Waals surface area contributed by atoms with Crippen molar-refractivity contribution in [2.24, 2.45) is 23.7 Å².